The van der Waals surface area contributed by atoms with Gasteiger partial charge in [0, 0.05) is 56.5 Å². The van der Waals surface area contributed by atoms with Gasteiger partial charge < -0.3 is 9.30 Å². The highest BCUT2D eigenvalue weighted by atomic mass is 32.2. The third kappa shape index (κ3) is 5.39. The Morgan fingerprint density at radius 1 is 1.05 bits per heavy atom. The summed E-state index contributed by atoms with van der Waals surface area (Å²) in [5.41, 5.74) is 4.03. The Labute approximate surface area is 224 Å². The molecule has 1 saturated heterocycles. The minimum Gasteiger partial charge on any atom is -0.496 e. The van der Waals surface area contributed by atoms with Gasteiger partial charge in [0.1, 0.15) is 5.75 Å². The minimum absolute atomic E-state index is 0.0934. The minimum atomic E-state index is -3.73. The number of benzene rings is 2. The number of hydrogen-bond donors (Lipinski definition) is 0. The van der Waals surface area contributed by atoms with Crippen molar-refractivity contribution in [3.8, 4) is 5.75 Å². The van der Waals surface area contributed by atoms with Crippen LogP contribution in [0.15, 0.2) is 75.5 Å². The molecule has 2 aromatic carbocycles. The van der Waals surface area contributed by atoms with Crippen LogP contribution in [-0.2, 0) is 23.1 Å². The Hall–Kier alpha value is -3.43. The average molecular weight is 535 g/mol. The largest absolute Gasteiger partial charge is 0.496 e. The molecule has 2 aliphatic heterocycles. The maximum atomic E-state index is 12.9. The zero-order valence-corrected chi connectivity index (χ0v) is 22.9. The van der Waals surface area contributed by atoms with Crippen molar-refractivity contribution in [3.63, 3.8) is 0 Å². The third-order valence-corrected chi connectivity index (χ3v) is 9.25. The van der Waals surface area contributed by atoms with Crippen LogP contribution in [-0.4, -0.2) is 55.8 Å². The zero-order valence-electron chi connectivity index (χ0n) is 22.1. The molecule has 200 valence electrons. The second kappa shape index (κ2) is 10.7. The van der Waals surface area contributed by atoms with Gasteiger partial charge in [0.15, 0.2) is 0 Å². The van der Waals surface area contributed by atoms with Crippen molar-refractivity contribution in [2.45, 2.75) is 43.7 Å². The number of likely N-dealkylation sites (tertiary alicyclic amines) is 1. The first kappa shape index (κ1) is 26.2. The van der Waals surface area contributed by atoms with Crippen LogP contribution in [0.2, 0.25) is 0 Å². The number of aryl methyl sites for hydroxylation is 1. The van der Waals surface area contributed by atoms with Gasteiger partial charge in [0.05, 0.1) is 18.2 Å². The first-order valence-electron chi connectivity index (χ1n) is 12.9. The summed E-state index contributed by atoms with van der Waals surface area (Å²) in [7, 11) is -0.633. The molecule has 8 nitrogen and oxygen atoms in total. The molecular formula is C29H34N4O4S. The lowest BCUT2D eigenvalue weighted by Crippen LogP contribution is -2.37. The molecule has 5 rings (SSSR count). The number of methoxy groups -OCH3 is 1. The average Bonchev–Trinajstić information content (AvgIpc) is 3.20. The number of sulfonamides is 1. The Kier molecular flexibility index (Phi) is 7.40. The van der Waals surface area contributed by atoms with E-state index in [9.17, 15) is 13.2 Å². The van der Waals surface area contributed by atoms with Gasteiger partial charge in [-0.3, -0.25) is 9.69 Å². The van der Waals surface area contributed by atoms with Crippen LogP contribution in [0.4, 0.5) is 0 Å². The van der Waals surface area contributed by atoms with Crippen molar-refractivity contribution >= 4 is 16.2 Å². The van der Waals surface area contributed by atoms with Crippen LogP contribution in [0.3, 0.4) is 0 Å². The van der Waals surface area contributed by atoms with Crippen molar-refractivity contribution in [2.75, 3.05) is 27.2 Å². The summed E-state index contributed by atoms with van der Waals surface area (Å²) in [4.78, 5) is 15.1. The monoisotopic (exact) mass is 534 g/mol. The fraction of sp³-hybridized carbons (Fsp3) is 0.379. The quantitative estimate of drug-likeness (QED) is 0.340. The van der Waals surface area contributed by atoms with Crippen LogP contribution >= 0.6 is 0 Å². The van der Waals surface area contributed by atoms with Crippen molar-refractivity contribution in [1.82, 2.24) is 13.9 Å². The van der Waals surface area contributed by atoms with E-state index in [-0.39, 0.29) is 10.5 Å². The summed E-state index contributed by atoms with van der Waals surface area (Å²) in [6, 6.07) is 18.1. The maximum Gasteiger partial charge on any atom is 0.278 e. The molecule has 38 heavy (non-hydrogen) atoms. The second-order valence-corrected chi connectivity index (χ2v) is 12.3. The first-order chi connectivity index (χ1) is 18.2. The maximum absolute atomic E-state index is 12.9. The fourth-order valence-electron chi connectivity index (χ4n) is 5.55. The first-order valence-corrected chi connectivity index (χ1v) is 14.4. The molecule has 3 aromatic rings. The molecule has 2 unspecified atom stereocenters. The topological polar surface area (TPSA) is 84.2 Å². The molecule has 0 radical (unpaired) electrons. The highest BCUT2D eigenvalue weighted by Gasteiger charge is 2.31. The summed E-state index contributed by atoms with van der Waals surface area (Å²) < 4.78 is 34.4. The van der Waals surface area contributed by atoms with Gasteiger partial charge in [0.2, 0.25) is 0 Å². The number of aromatic nitrogens is 1. The van der Waals surface area contributed by atoms with E-state index in [0.29, 0.717) is 18.4 Å². The van der Waals surface area contributed by atoms with Gasteiger partial charge in [-0.25, -0.2) is 0 Å². The molecule has 2 atom stereocenters. The Bertz CT molecular complexity index is 1500. The number of hydrazone groups is 1. The van der Waals surface area contributed by atoms with Crippen LogP contribution < -0.4 is 10.3 Å². The lowest BCUT2D eigenvalue weighted by molar-refractivity contribution is 0.206. The van der Waals surface area contributed by atoms with Gasteiger partial charge in [-0.2, -0.15) is 17.9 Å². The molecule has 1 aromatic heterocycles. The molecule has 9 heteroatoms. The van der Waals surface area contributed by atoms with E-state index in [0.717, 1.165) is 65.0 Å². The molecule has 0 spiro atoms. The number of ether oxygens (including phenoxy) is 1. The number of rotatable bonds is 7. The van der Waals surface area contributed by atoms with Crippen LogP contribution in [0, 0.1) is 12.8 Å². The lowest BCUT2D eigenvalue weighted by atomic mass is 9.98. The van der Waals surface area contributed by atoms with Gasteiger partial charge in [-0.1, -0.05) is 23.8 Å². The summed E-state index contributed by atoms with van der Waals surface area (Å²) >= 11 is 0. The van der Waals surface area contributed by atoms with E-state index in [2.05, 4.69) is 16.1 Å². The number of pyridine rings is 1. The van der Waals surface area contributed by atoms with Crippen molar-refractivity contribution in [1.29, 1.82) is 0 Å². The van der Waals surface area contributed by atoms with E-state index < -0.39 is 10.0 Å². The Balaban J connectivity index is 1.35. The van der Waals surface area contributed by atoms with E-state index >= 15 is 0 Å². The number of fused-ring (bicyclic) bond motifs is 5. The van der Waals surface area contributed by atoms with Crippen molar-refractivity contribution in [2.24, 2.45) is 11.0 Å². The summed E-state index contributed by atoms with van der Waals surface area (Å²) in [5.74, 6) is 1.51. The predicted octanol–water partition coefficient (Wildman–Crippen LogP) is 3.83. The van der Waals surface area contributed by atoms with Crippen LogP contribution in [0.25, 0.3) is 0 Å². The molecule has 3 heterocycles. The highest BCUT2D eigenvalue weighted by Crippen LogP contribution is 2.34. The molecular weight excluding hydrogens is 500 g/mol. The molecule has 1 fully saturated rings. The standard InChI is InChI=1S/C29H34N4O4S/c1-21-7-12-26(13-8-21)38(35,36)31(2)30-16-22-10-14-28(37-3)25(15-22)20-32-17-23-9-11-24(19-32)27-5-4-6-29(34)33(27)18-23/h4-8,10,12-16,23-24H,9,11,17-20H2,1-3H3. The van der Waals surface area contributed by atoms with Gasteiger partial charge >= 0.3 is 0 Å². The molecule has 0 N–H and O–H groups in total. The smallest absolute Gasteiger partial charge is 0.278 e. The van der Waals surface area contributed by atoms with Crippen LogP contribution in [0.1, 0.15) is 41.1 Å². The van der Waals surface area contributed by atoms with Gasteiger partial charge in [-0.15, -0.1) is 0 Å². The van der Waals surface area contributed by atoms with E-state index in [4.69, 9.17) is 4.74 Å². The van der Waals surface area contributed by atoms with Gasteiger partial charge in [-0.05, 0) is 67.6 Å². The normalized spacial score (nSPS) is 19.7. The zero-order chi connectivity index (χ0) is 26.9. The molecule has 0 saturated carbocycles. The number of hydrogen-bond acceptors (Lipinski definition) is 6. The van der Waals surface area contributed by atoms with E-state index in [1.807, 2.05) is 35.8 Å². The predicted molar refractivity (Wildman–Crippen MR) is 148 cm³/mol. The Morgan fingerprint density at radius 3 is 2.61 bits per heavy atom. The highest BCUT2D eigenvalue weighted by molar-refractivity contribution is 7.89. The molecule has 2 bridgehead atoms. The molecule has 0 amide bonds. The van der Waals surface area contributed by atoms with Gasteiger partial charge in [0.25, 0.3) is 15.6 Å². The fourth-order valence-corrected chi connectivity index (χ4v) is 6.51. The van der Waals surface area contributed by atoms with E-state index in [1.54, 1.807) is 43.7 Å². The molecule has 2 aliphatic rings. The summed E-state index contributed by atoms with van der Waals surface area (Å²) in [6.45, 7) is 5.16. The second-order valence-electron chi connectivity index (χ2n) is 10.3. The van der Waals surface area contributed by atoms with Crippen molar-refractivity contribution in [3.05, 3.63) is 93.4 Å². The molecule has 0 aliphatic carbocycles. The third-order valence-electron chi connectivity index (χ3n) is 7.60. The van der Waals surface area contributed by atoms with Crippen LogP contribution in [0.5, 0.6) is 5.75 Å². The summed E-state index contributed by atoms with van der Waals surface area (Å²) in [5, 5.41) is 4.24. The van der Waals surface area contributed by atoms with E-state index in [1.165, 1.54) is 7.05 Å². The SMILES string of the molecule is COc1ccc(C=NN(C)S(=O)(=O)c2ccc(C)cc2)cc1CN1CC2CCC(C1)c1cccc(=O)n1C2. The number of nitrogens with zero attached hydrogens (tertiary/aromatic N) is 4. The summed E-state index contributed by atoms with van der Waals surface area (Å²) in [6.07, 6.45) is 3.75. The lowest BCUT2D eigenvalue weighted by Gasteiger charge is -2.31. The Morgan fingerprint density at radius 2 is 1.84 bits per heavy atom. The van der Waals surface area contributed by atoms with Crippen molar-refractivity contribution < 1.29 is 13.2 Å².